The van der Waals surface area contributed by atoms with Crippen LogP contribution in [0.25, 0.3) is 11.4 Å². The van der Waals surface area contributed by atoms with Crippen LogP contribution in [0.2, 0.25) is 5.02 Å². The van der Waals surface area contributed by atoms with E-state index in [9.17, 15) is 8.42 Å². The van der Waals surface area contributed by atoms with Crippen LogP contribution in [0.15, 0.2) is 89.8 Å². The Morgan fingerprint density at radius 3 is 2.14 bits per heavy atom. The van der Waals surface area contributed by atoms with Crippen molar-refractivity contribution in [3.8, 4) is 11.4 Å². The predicted octanol–water partition coefficient (Wildman–Crippen LogP) is 4.45. The highest BCUT2D eigenvalue weighted by molar-refractivity contribution is 7.90. The van der Waals surface area contributed by atoms with Gasteiger partial charge >= 0.3 is 0 Å². The molecule has 146 valence electrons. The van der Waals surface area contributed by atoms with E-state index in [0.29, 0.717) is 17.4 Å². The Labute approximate surface area is 173 Å². The van der Waals surface area contributed by atoms with E-state index in [1.165, 1.54) is 12.1 Å². The first-order chi connectivity index (χ1) is 14.0. The third kappa shape index (κ3) is 4.16. The third-order valence-corrected chi connectivity index (χ3v) is 6.07. The number of anilines is 1. The summed E-state index contributed by atoms with van der Waals surface area (Å²) in [5.41, 5.74) is 1.66. The van der Waals surface area contributed by atoms with Crippen molar-refractivity contribution in [2.24, 2.45) is 0 Å². The molecule has 4 rings (SSSR count). The molecule has 0 bridgehead atoms. The average Bonchev–Trinajstić information content (AvgIpc) is 3.20. The molecule has 0 saturated heterocycles. The molecule has 1 heterocycles. The summed E-state index contributed by atoms with van der Waals surface area (Å²) in [6.07, 6.45) is 0. The first-order valence-corrected chi connectivity index (χ1v) is 10.7. The minimum atomic E-state index is -3.91. The normalized spacial score (nSPS) is 11.3. The van der Waals surface area contributed by atoms with Gasteiger partial charge in [-0.25, -0.2) is 0 Å². The Hall–Kier alpha value is -3.16. The van der Waals surface area contributed by atoms with E-state index in [1.54, 1.807) is 30.3 Å². The zero-order valence-corrected chi connectivity index (χ0v) is 16.8. The monoisotopic (exact) mass is 424 g/mol. The number of aromatic nitrogens is 3. The van der Waals surface area contributed by atoms with Crippen molar-refractivity contribution in [3.05, 3.63) is 95.5 Å². The van der Waals surface area contributed by atoms with E-state index in [2.05, 4.69) is 15.4 Å². The van der Waals surface area contributed by atoms with Gasteiger partial charge in [0.25, 0.3) is 10.0 Å². The molecule has 3 aromatic carbocycles. The van der Waals surface area contributed by atoms with Crippen molar-refractivity contribution in [3.63, 3.8) is 0 Å². The Morgan fingerprint density at radius 1 is 0.862 bits per heavy atom. The van der Waals surface area contributed by atoms with Gasteiger partial charge in [-0.3, -0.25) is 0 Å². The van der Waals surface area contributed by atoms with Crippen LogP contribution >= 0.6 is 11.6 Å². The summed E-state index contributed by atoms with van der Waals surface area (Å²) in [4.78, 5) is 4.58. The van der Waals surface area contributed by atoms with Gasteiger partial charge in [-0.1, -0.05) is 72.3 Å². The van der Waals surface area contributed by atoms with Gasteiger partial charge in [0.1, 0.15) is 0 Å². The molecule has 0 fully saturated rings. The van der Waals surface area contributed by atoms with E-state index >= 15 is 0 Å². The lowest BCUT2D eigenvalue weighted by molar-refractivity contribution is 0.580. The molecule has 0 saturated carbocycles. The summed E-state index contributed by atoms with van der Waals surface area (Å²) in [6.45, 7) is 0.369. The lowest BCUT2D eigenvalue weighted by Gasteiger charge is -2.09. The van der Waals surface area contributed by atoms with E-state index in [-0.39, 0.29) is 10.8 Å². The fraction of sp³-hybridized carbons (Fsp3) is 0.0476. The SMILES string of the molecule is O=S(=O)(c1ccccc1)n1nc(-c2ccccc2)nc1NCc1ccc(Cl)cc1. The summed E-state index contributed by atoms with van der Waals surface area (Å²) in [5.74, 6) is 0.464. The Morgan fingerprint density at radius 2 is 1.48 bits per heavy atom. The molecular formula is C21H17ClN4O2S. The van der Waals surface area contributed by atoms with Crippen LogP contribution in [-0.4, -0.2) is 22.6 Å². The highest BCUT2D eigenvalue weighted by Gasteiger charge is 2.24. The highest BCUT2D eigenvalue weighted by atomic mass is 35.5. The van der Waals surface area contributed by atoms with Crippen LogP contribution in [0.3, 0.4) is 0 Å². The lowest BCUT2D eigenvalue weighted by Crippen LogP contribution is -2.18. The van der Waals surface area contributed by atoms with Crippen molar-refractivity contribution >= 4 is 27.6 Å². The van der Waals surface area contributed by atoms with Crippen molar-refractivity contribution in [2.75, 3.05) is 5.32 Å². The summed E-state index contributed by atoms with van der Waals surface area (Å²) in [7, 11) is -3.91. The molecule has 29 heavy (non-hydrogen) atoms. The number of nitrogens with zero attached hydrogens (tertiary/aromatic N) is 3. The highest BCUT2D eigenvalue weighted by Crippen LogP contribution is 2.23. The number of nitrogens with one attached hydrogen (secondary N) is 1. The van der Waals surface area contributed by atoms with Gasteiger partial charge in [0, 0.05) is 17.1 Å². The summed E-state index contributed by atoms with van der Waals surface area (Å²) in [6, 6.07) is 24.7. The minimum absolute atomic E-state index is 0.138. The molecule has 0 unspecified atom stereocenters. The molecule has 6 nitrogen and oxygen atoms in total. The number of hydrogen-bond donors (Lipinski definition) is 1. The fourth-order valence-corrected chi connectivity index (χ4v) is 4.10. The smallest absolute Gasteiger partial charge is 0.286 e. The van der Waals surface area contributed by atoms with Crippen LogP contribution < -0.4 is 5.32 Å². The van der Waals surface area contributed by atoms with Crippen LogP contribution in [0, 0.1) is 0 Å². The second kappa shape index (κ2) is 8.06. The van der Waals surface area contributed by atoms with Gasteiger partial charge in [0.2, 0.25) is 5.95 Å². The minimum Gasteiger partial charge on any atom is -0.349 e. The zero-order chi connectivity index (χ0) is 20.3. The van der Waals surface area contributed by atoms with Gasteiger partial charge in [0.15, 0.2) is 5.82 Å². The maximum absolute atomic E-state index is 13.2. The molecule has 1 N–H and O–H groups in total. The van der Waals surface area contributed by atoms with Crippen molar-refractivity contribution in [1.82, 2.24) is 14.2 Å². The Kier molecular flexibility index (Phi) is 5.33. The van der Waals surface area contributed by atoms with E-state index in [4.69, 9.17) is 11.6 Å². The predicted molar refractivity (Wildman–Crippen MR) is 113 cm³/mol. The Balaban J connectivity index is 1.74. The second-order valence-corrected chi connectivity index (χ2v) is 8.47. The quantitative estimate of drug-likeness (QED) is 0.495. The average molecular weight is 425 g/mol. The maximum atomic E-state index is 13.2. The van der Waals surface area contributed by atoms with E-state index < -0.39 is 10.0 Å². The van der Waals surface area contributed by atoms with Crippen LogP contribution in [0.1, 0.15) is 5.56 Å². The largest absolute Gasteiger partial charge is 0.349 e. The van der Waals surface area contributed by atoms with Gasteiger partial charge < -0.3 is 5.32 Å². The standard InChI is InChI=1S/C21H17ClN4O2S/c22-18-13-11-16(12-14-18)15-23-21-24-20(17-7-3-1-4-8-17)25-26(21)29(27,28)19-9-5-2-6-10-19/h1-14H,15H2,(H,23,24,25). The number of halogens is 1. The molecule has 0 aliphatic rings. The number of benzene rings is 3. The lowest BCUT2D eigenvalue weighted by atomic mass is 10.2. The Bertz CT molecular complexity index is 1210. The maximum Gasteiger partial charge on any atom is 0.286 e. The summed E-state index contributed by atoms with van der Waals surface area (Å²) in [5, 5.41) is 8.01. The summed E-state index contributed by atoms with van der Waals surface area (Å²) < 4.78 is 27.3. The van der Waals surface area contributed by atoms with E-state index in [1.807, 2.05) is 42.5 Å². The van der Waals surface area contributed by atoms with Crippen LogP contribution in [0.4, 0.5) is 5.95 Å². The van der Waals surface area contributed by atoms with Gasteiger partial charge in [-0.05, 0) is 29.8 Å². The van der Waals surface area contributed by atoms with Crippen LogP contribution in [0.5, 0.6) is 0 Å². The molecule has 0 amide bonds. The van der Waals surface area contributed by atoms with Crippen molar-refractivity contribution in [2.45, 2.75) is 11.4 Å². The molecule has 1 aromatic heterocycles. The van der Waals surface area contributed by atoms with Crippen LogP contribution in [-0.2, 0) is 16.6 Å². The molecule has 8 heteroatoms. The zero-order valence-electron chi connectivity index (χ0n) is 15.2. The molecule has 0 aliphatic carbocycles. The fourth-order valence-electron chi connectivity index (χ4n) is 2.76. The molecule has 0 spiro atoms. The molecule has 0 radical (unpaired) electrons. The molecule has 0 aliphatic heterocycles. The molecule has 4 aromatic rings. The van der Waals surface area contributed by atoms with Gasteiger partial charge in [0.05, 0.1) is 4.90 Å². The van der Waals surface area contributed by atoms with Gasteiger partial charge in [-0.15, -0.1) is 9.19 Å². The first kappa shape index (κ1) is 19.2. The van der Waals surface area contributed by atoms with Gasteiger partial charge in [-0.2, -0.15) is 13.4 Å². The first-order valence-electron chi connectivity index (χ1n) is 8.85. The second-order valence-electron chi connectivity index (χ2n) is 6.27. The number of rotatable bonds is 6. The van der Waals surface area contributed by atoms with Crippen molar-refractivity contribution < 1.29 is 8.42 Å². The van der Waals surface area contributed by atoms with E-state index in [0.717, 1.165) is 15.2 Å². The molecule has 0 atom stereocenters. The third-order valence-electron chi connectivity index (χ3n) is 4.24. The van der Waals surface area contributed by atoms with Crippen molar-refractivity contribution in [1.29, 1.82) is 0 Å². The number of hydrogen-bond acceptors (Lipinski definition) is 5. The summed E-state index contributed by atoms with van der Waals surface area (Å²) >= 11 is 5.93. The topological polar surface area (TPSA) is 76.9 Å². The molecular weight excluding hydrogens is 408 g/mol.